The topological polar surface area (TPSA) is 43.4 Å². The Morgan fingerprint density at radius 1 is 1.50 bits per heavy atom. The van der Waals surface area contributed by atoms with Gasteiger partial charge in [-0.05, 0) is 25.5 Å². The van der Waals surface area contributed by atoms with Gasteiger partial charge in [0.25, 0.3) is 0 Å². The summed E-state index contributed by atoms with van der Waals surface area (Å²) in [6.45, 7) is 2.62. The molecule has 4 heteroatoms. The third kappa shape index (κ3) is 3.18. The van der Waals surface area contributed by atoms with Crippen molar-refractivity contribution in [1.82, 2.24) is 10.3 Å². The highest BCUT2D eigenvalue weighted by Gasteiger charge is 2.13. The number of aromatic nitrogens is 1. The largest absolute Gasteiger partial charge is 0.481 e. The molecule has 1 aromatic rings. The zero-order valence-electron chi connectivity index (χ0n) is 9.61. The van der Waals surface area contributed by atoms with Crippen LogP contribution in [-0.4, -0.2) is 31.3 Å². The molecule has 4 nitrogen and oxygen atoms in total. The predicted molar refractivity (Wildman–Crippen MR) is 61.5 cm³/mol. The van der Waals surface area contributed by atoms with E-state index in [1.165, 1.54) is 6.42 Å². The van der Waals surface area contributed by atoms with Gasteiger partial charge in [-0.2, -0.15) is 0 Å². The summed E-state index contributed by atoms with van der Waals surface area (Å²) in [6, 6.07) is 5.73. The maximum absolute atomic E-state index is 5.79. The van der Waals surface area contributed by atoms with Crippen LogP contribution in [0.3, 0.4) is 0 Å². The van der Waals surface area contributed by atoms with Gasteiger partial charge >= 0.3 is 0 Å². The van der Waals surface area contributed by atoms with Crippen molar-refractivity contribution >= 4 is 0 Å². The first-order valence-corrected chi connectivity index (χ1v) is 5.71. The maximum Gasteiger partial charge on any atom is 0.213 e. The number of hydrogen-bond donors (Lipinski definition) is 1. The monoisotopic (exact) mass is 222 g/mol. The van der Waals surface area contributed by atoms with Crippen molar-refractivity contribution < 1.29 is 9.47 Å². The SMILES string of the molecule is COc1cccc(COC2CCCNC2)n1. The van der Waals surface area contributed by atoms with E-state index in [-0.39, 0.29) is 0 Å². The summed E-state index contributed by atoms with van der Waals surface area (Å²) in [6.07, 6.45) is 2.65. The Morgan fingerprint density at radius 3 is 3.19 bits per heavy atom. The standard InChI is InChI=1S/C12H18N2O2/c1-15-12-6-2-4-10(14-12)9-16-11-5-3-7-13-8-11/h2,4,6,11,13H,3,5,7-9H2,1H3. The number of ether oxygens (including phenoxy) is 2. The zero-order valence-corrected chi connectivity index (χ0v) is 9.61. The smallest absolute Gasteiger partial charge is 0.213 e. The molecule has 1 N–H and O–H groups in total. The van der Waals surface area contributed by atoms with Crippen LogP contribution in [-0.2, 0) is 11.3 Å². The van der Waals surface area contributed by atoms with Crippen LogP contribution in [0.25, 0.3) is 0 Å². The maximum atomic E-state index is 5.79. The van der Waals surface area contributed by atoms with Gasteiger partial charge in [0.1, 0.15) is 0 Å². The number of nitrogens with one attached hydrogen (secondary N) is 1. The van der Waals surface area contributed by atoms with E-state index in [1.54, 1.807) is 7.11 Å². The third-order valence-electron chi connectivity index (χ3n) is 2.71. The summed E-state index contributed by atoms with van der Waals surface area (Å²) in [5.41, 5.74) is 0.921. The molecular weight excluding hydrogens is 204 g/mol. The molecule has 1 saturated heterocycles. The van der Waals surface area contributed by atoms with E-state index in [4.69, 9.17) is 9.47 Å². The van der Waals surface area contributed by atoms with Gasteiger partial charge in [0, 0.05) is 12.6 Å². The van der Waals surface area contributed by atoms with Crippen LogP contribution in [0.4, 0.5) is 0 Å². The van der Waals surface area contributed by atoms with Crippen LogP contribution in [0, 0.1) is 0 Å². The van der Waals surface area contributed by atoms with Crippen molar-refractivity contribution in [2.75, 3.05) is 20.2 Å². The van der Waals surface area contributed by atoms with Gasteiger partial charge < -0.3 is 14.8 Å². The molecule has 0 bridgehead atoms. The lowest BCUT2D eigenvalue weighted by molar-refractivity contribution is 0.0234. The highest BCUT2D eigenvalue weighted by atomic mass is 16.5. The second-order valence-corrected chi connectivity index (χ2v) is 3.95. The molecule has 1 fully saturated rings. The first-order valence-electron chi connectivity index (χ1n) is 5.71. The van der Waals surface area contributed by atoms with Crippen LogP contribution in [0.2, 0.25) is 0 Å². The second-order valence-electron chi connectivity index (χ2n) is 3.95. The number of hydrogen-bond acceptors (Lipinski definition) is 4. The third-order valence-corrected chi connectivity index (χ3v) is 2.71. The first-order chi connectivity index (χ1) is 7.88. The summed E-state index contributed by atoms with van der Waals surface area (Å²) < 4.78 is 10.9. The van der Waals surface area contributed by atoms with Gasteiger partial charge in [0.15, 0.2) is 0 Å². The molecule has 0 spiro atoms. The molecule has 88 valence electrons. The van der Waals surface area contributed by atoms with Gasteiger partial charge in [0.05, 0.1) is 25.5 Å². The van der Waals surface area contributed by atoms with E-state index in [1.807, 2.05) is 18.2 Å². The average molecular weight is 222 g/mol. The van der Waals surface area contributed by atoms with Crippen molar-refractivity contribution in [3.8, 4) is 5.88 Å². The molecule has 0 saturated carbocycles. The lowest BCUT2D eigenvalue weighted by Crippen LogP contribution is -2.35. The Balaban J connectivity index is 1.83. The van der Waals surface area contributed by atoms with Crippen LogP contribution in [0.1, 0.15) is 18.5 Å². The molecular formula is C12H18N2O2. The van der Waals surface area contributed by atoms with Crippen molar-refractivity contribution in [3.05, 3.63) is 23.9 Å². The Kier molecular flexibility index (Phi) is 4.13. The first kappa shape index (κ1) is 11.4. The molecule has 1 atom stereocenters. The summed E-state index contributed by atoms with van der Waals surface area (Å²) in [5.74, 6) is 0.642. The molecule has 0 amide bonds. The molecule has 1 aliphatic heterocycles. The Labute approximate surface area is 96.0 Å². The fourth-order valence-electron chi connectivity index (χ4n) is 1.82. The fourth-order valence-corrected chi connectivity index (χ4v) is 1.82. The molecule has 0 aliphatic carbocycles. The molecule has 0 radical (unpaired) electrons. The number of methoxy groups -OCH3 is 1. The van der Waals surface area contributed by atoms with E-state index in [9.17, 15) is 0 Å². The number of piperidine rings is 1. The van der Waals surface area contributed by atoms with E-state index in [2.05, 4.69) is 10.3 Å². The molecule has 2 rings (SSSR count). The van der Waals surface area contributed by atoms with E-state index >= 15 is 0 Å². The highest BCUT2D eigenvalue weighted by Crippen LogP contribution is 2.11. The van der Waals surface area contributed by atoms with E-state index < -0.39 is 0 Å². The molecule has 1 aliphatic rings. The van der Waals surface area contributed by atoms with E-state index in [0.29, 0.717) is 18.6 Å². The van der Waals surface area contributed by atoms with Crippen LogP contribution >= 0.6 is 0 Å². The predicted octanol–water partition coefficient (Wildman–Crippen LogP) is 1.36. The van der Waals surface area contributed by atoms with Crippen molar-refractivity contribution in [1.29, 1.82) is 0 Å². The minimum Gasteiger partial charge on any atom is -0.481 e. The van der Waals surface area contributed by atoms with Crippen molar-refractivity contribution in [2.24, 2.45) is 0 Å². The zero-order chi connectivity index (χ0) is 11.2. The second kappa shape index (κ2) is 5.82. The summed E-state index contributed by atoms with van der Waals surface area (Å²) in [4.78, 5) is 4.31. The summed E-state index contributed by atoms with van der Waals surface area (Å²) in [5, 5.41) is 3.32. The quantitative estimate of drug-likeness (QED) is 0.835. The van der Waals surface area contributed by atoms with Gasteiger partial charge in [0.2, 0.25) is 5.88 Å². The van der Waals surface area contributed by atoms with E-state index in [0.717, 1.165) is 25.2 Å². The van der Waals surface area contributed by atoms with Crippen molar-refractivity contribution in [3.63, 3.8) is 0 Å². The molecule has 1 unspecified atom stereocenters. The van der Waals surface area contributed by atoms with Gasteiger partial charge in [-0.3, -0.25) is 0 Å². The Morgan fingerprint density at radius 2 is 2.44 bits per heavy atom. The van der Waals surface area contributed by atoms with Crippen LogP contribution in [0.15, 0.2) is 18.2 Å². The number of rotatable bonds is 4. The lowest BCUT2D eigenvalue weighted by atomic mass is 10.1. The Bertz CT molecular complexity index is 325. The molecule has 0 aromatic carbocycles. The Hall–Kier alpha value is -1.13. The van der Waals surface area contributed by atoms with Gasteiger partial charge in [-0.15, -0.1) is 0 Å². The minimum atomic E-state index is 0.321. The molecule has 16 heavy (non-hydrogen) atoms. The average Bonchev–Trinajstić information content (AvgIpc) is 2.38. The minimum absolute atomic E-state index is 0.321. The van der Waals surface area contributed by atoms with Gasteiger partial charge in [-0.1, -0.05) is 6.07 Å². The molecule has 1 aromatic heterocycles. The molecule has 2 heterocycles. The number of nitrogens with zero attached hydrogens (tertiary/aromatic N) is 1. The fraction of sp³-hybridized carbons (Fsp3) is 0.583. The van der Waals surface area contributed by atoms with Crippen molar-refractivity contribution in [2.45, 2.75) is 25.6 Å². The number of pyridine rings is 1. The van der Waals surface area contributed by atoms with Crippen LogP contribution in [0.5, 0.6) is 5.88 Å². The highest BCUT2D eigenvalue weighted by molar-refractivity contribution is 5.15. The normalized spacial score (nSPS) is 20.7. The van der Waals surface area contributed by atoms with Gasteiger partial charge in [-0.25, -0.2) is 4.98 Å². The summed E-state index contributed by atoms with van der Waals surface area (Å²) >= 11 is 0. The summed E-state index contributed by atoms with van der Waals surface area (Å²) in [7, 11) is 1.62. The van der Waals surface area contributed by atoms with Crippen LogP contribution < -0.4 is 10.1 Å². The lowest BCUT2D eigenvalue weighted by Gasteiger charge is -2.22.